The molecule has 8 nitrogen and oxygen atoms in total. The SMILES string of the molecule is COc1cc(C)c2[nH]ccc2c1CN1CCC2(CC(C#N)C2)C[C@H]1c1ccc(C(=O)NCc2ccnn2C)cc1. The van der Waals surface area contributed by atoms with E-state index in [2.05, 4.69) is 57.6 Å². The molecule has 206 valence electrons. The summed E-state index contributed by atoms with van der Waals surface area (Å²) in [5.74, 6) is 0.992. The van der Waals surface area contributed by atoms with E-state index in [9.17, 15) is 10.1 Å². The number of carbonyl (C=O) groups is 1. The molecule has 40 heavy (non-hydrogen) atoms. The Morgan fingerprint density at radius 2 is 2.02 bits per heavy atom. The standard InChI is InChI=1S/C32H36N6O2/c1-21-14-29(40-3)27(26-9-11-34-30(21)26)20-38-13-10-32(15-22(16-32)18-33)17-28(38)23-4-6-24(7-5-23)31(39)35-19-25-8-12-36-37(25)2/h4-9,11-12,14,22,28,34H,10,13,15-17,19-20H2,1-3H3,(H,35,39)/t22?,28-,32?/m0/s1. The van der Waals surface area contributed by atoms with E-state index in [1.807, 2.05) is 31.4 Å². The number of hydrogen-bond donors (Lipinski definition) is 2. The third kappa shape index (κ3) is 4.75. The number of nitriles is 1. The van der Waals surface area contributed by atoms with Crippen LogP contribution in [-0.4, -0.2) is 39.2 Å². The molecule has 1 spiro atoms. The smallest absolute Gasteiger partial charge is 0.251 e. The lowest BCUT2D eigenvalue weighted by Crippen LogP contribution is -2.48. The fraction of sp³-hybridized carbons (Fsp3) is 0.406. The van der Waals surface area contributed by atoms with E-state index in [0.717, 1.165) is 55.7 Å². The number of methoxy groups -OCH3 is 1. The number of amides is 1. The van der Waals surface area contributed by atoms with E-state index >= 15 is 0 Å². The number of hydrogen-bond acceptors (Lipinski definition) is 5. The van der Waals surface area contributed by atoms with Crippen molar-refractivity contribution in [2.24, 2.45) is 18.4 Å². The van der Waals surface area contributed by atoms with Gasteiger partial charge in [0.15, 0.2) is 0 Å². The number of nitrogens with zero attached hydrogens (tertiary/aromatic N) is 4. The number of aromatic amines is 1. The molecule has 0 bridgehead atoms. The van der Waals surface area contributed by atoms with Gasteiger partial charge in [0, 0.05) is 60.0 Å². The first-order chi connectivity index (χ1) is 19.4. The molecule has 1 aliphatic heterocycles. The van der Waals surface area contributed by atoms with Crippen LogP contribution in [0.2, 0.25) is 0 Å². The second-order valence-corrected chi connectivity index (χ2v) is 11.6. The zero-order valence-corrected chi connectivity index (χ0v) is 23.4. The Morgan fingerprint density at radius 1 is 1.23 bits per heavy atom. The zero-order chi connectivity index (χ0) is 27.9. The van der Waals surface area contributed by atoms with Crippen LogP contribution < -0.4 is 10.1 Å². The average molecular weight is 537 g/mol. The van der Waals surface area contributed by atoms with Gasteiger partial charge in [-0.2, -0.15) is 10.4 Å². The van der Waals surface area contributed by atoms with Crippen LogP contribution in [-0.2, 0) is 20.1 Å². The molecule has 2 fully saturated rings. The van der Waals surface area contributed by atoms with E-state index in [-0.39, 0.29) is 23.3 Å². The summed E-state index contributed by atoms with van der Waals surface area (Å²) >= 11 is 0. The van der Waals surface area contributed by atoms with Crippen molar-refractivity contribution >= 4 is 16.8 Å². The molecule has 0 radical (unpaired) electrons. The highest BCUT2D eigenvalue weighted by Gasteiger charge is 2.49. The number of rotatable bonds is 7. The number of aromatic nitrogens is 3. The fourth-order valence-electron chi connectivity index (χ4n) is 6.83. The minimum atomic E-state index is -0.0974. The highest BCUT2D eigenvalue weighted by Crippen LogP contribution is 2.56. The zero-order valence-electron chi connectivity index (χ0n) is 23.4. The number of piperidine rings is 1. The van der Waals surface area contributed by atoms with E-state index in [1.165, 1.54) is 22.1 Å². The van der Waals surface area contributed by atoms with Crippen LogP contribution in [0.25, 0.3) is 10.9 Å². The van der Waals surface area contributed by atoms with Gasteiger partial charge in [0.25, 0.3) is 5.91 Å². The summed E-state index contributed by atoms with van der Waals surface area (Å²) in [6.45, 7) is 4.27. The van der Waals surface area contributed by atoms with Crippen LogP contribution in [0.15, 0.2) is 54.9 Å². The highest BCUT2D eigenvalue weighted by molar-refractivity contribution is 5.94. The Labute approximate surface area is 234 Å². The molecule has 2 aromatic carbocycles. The molecule has 1 saturated carbocycles. The minimum absolute atomic E-state index is 0.0974. The van der Waals surface area contributed by atoms with Gasteiger partial charge in [0.05, 0.1) is 25.4 Å². The molecule has 3 heterocycles. The summed E-state index contributed by atoms with van der Waals surface area (Å²) in [5.41, 5.74) is 6.54. The van der Waals surface area contributed by atoms with E-state index < -0.39 is 0 Å². The number of H-pyrrole nitrogens is 1. The van der Waals surface area contributed by atoms with Crippen molar-refractivity contribution in [3.8, 4) is 11.8 Å². The number of carbonyl (C=O) groups excluding carboxylic acids is 1. The van der Waals surface area contributed by atoms with Crippen molar-refractivity contribution in [2.45, 2.75) is 51.7 Å². The lowest BCUT2D eigenvalue weighted by atomic mass is 9.56. The normalized spacial score (nSPS) is 22.6. The molecule has 1 amide bonds. The van der Waals surface area contributed by atoms with Crippen LogP contribution in [0.4, 0.5) is 0 Å². The lowest BCUT2D eigenvalue weighted by molar-refractivity contribution is -0.0298. The van der Waals surface area contributed by atoms with Crippen LogP contribution in [0.3, 0.4) is 0 Å². The number of likely N-dealkylation sites (tertiary alicyclic amines) is 1. The van der Waals surface area contributed by atoms with Gasteiger partial charge >= 0.3 is 0 Å². The van der Waals surface area contributed by atoms with Crippen molar-refractivity contribution in [3.05, 3.63) is 82.8 Å². The highest BCUT2D eigenvalue weighted by atomic mass is 16.5. The Bertz CT molecular complexity index is 1570. The number of fused-ring (bicyclic) bond motifs is 1. The Morgan fingerprint density at radius 3 is 2.73 bits per heavy atom. The molecular formula is C32H36N6O2. The van der Waals surface area contributed by atoms with E-state index in [4.69, 9.17) is 4.74 Å². The van der Waals surface area contributed by atoms with Crippen molar-refractivity contribution in [1.82, 2.24) is 25.0 Å². The third-order valence-electron chi connectivity index (χ3n) is 9.14. The van der Waals surface area contributed by atoms with Gasteiger partial charge in [-0.05, 0) is 86.0 Å². The minimum Gasteiger partial charge on any atom is -0.496 e. The summed E-state index contributed by atoms with van der Waals surface area (Å²) in [6, 6.07) is 16.9. The van der Waals surface area contributed by atoms with Gasteiger partial charge in [0.2, 0.25) is 0 Å². The van der Waals surface area contributed by atoms with E-state index in [0.29, 0.717) is 12.1 Å². The quantitative estimate of drug-likeness (QED) is 0.329. The molecule has 1 saturated heterocycles. The molecule has 8 heteroatoms. The molecule has 2 aliphatic rings. The summed E-state index contributed by atoms with van der Waals surface area (Å²) in [5, 5.41) is 17.8. The first-order valence-electron chi connectivity index (χ1n) is 14.0. The maximum absolute atomic E-state index is 12.9. The number of ether oxygens (including phenoxy) is 1. The topological polar surface area (TPSA) is 99.0 Å². The Balaban J connectivity index is 1.26. The molecule has 2 N–H and O–H groups in total. The summed E-state index contributed by atoms with van der Waals surface area (Å²) in [4.78, 5) is 18.8. The first-order valence-corrected chi connectivity index (χ1v) is 14.0. The largest absolute Gasteiger partial charge is 0.496 e. The van der Waals surface area contributed by atoms with Crippen molar-refractivity contribution in [3.63, 3.8) is 0 Å². The van der Waals surface area contributed by atoms with Gasteiger partial charge in [-0.25, -0.2) is 0 Å². The van der Waals surface area contributed by atoms with Gasteiger partial charge in [0.1, 0.15) is 5.75 Å². The van der Waals surface area contributed by atoms with Crippen LogP contribution in [0, 0.1) is 29.6 Å². The summed E-state index contributed by atoms with van der Waals surface area (Å²) < 4.78 is 7.62. The van der Waals surface area contributed by atoms with Crippen molar-refractivity contribution < 1.29 is 9.53 Å². The van der Waals surface area contributed by atoms with Crippen LogP contribution in [0.5, 0.6) is 5.75 Å². The second kappa shape index (κ2) is 10.5. The number of nitrogens with one attached hydrogen (secondary N) is 2. The lowest BCUT2D eigenvalue weighted by Gasteiger charge is -2.53. The van der Waals surface area contributed by atoms with E-state index in [1.54, 1.807) is 18.0 Å². The molecule has 0 unspecified atom stereocenters. The van der Waals surface area contributed by atoms with Gasteiger partial charge in [-0.3, -0.25) is 14.4 Å². The third-order valence-corrected chi connectivity index (χ3v) is 9.14. The van der Waals surface area contributed by atoms with Crippen LogP contribution >= 0.6 is 0 Å². The molecule has 1 aliphatic carbocycles. The molecule has 4 aromatic rings. The molecular weight excluding hydrogens is 500 g/mol. The first kappa shape index (κ1) is 26.1. The van der Waals surface area contributed by atoms with Gasteiger partial charge in [-0.15, -0.1) is 0 Å². The predicted molar refractivity (Wildman–Crippen MR) is 154 cm³/mol. The Kier molecular flexibility index (Phi) is 6.85. The summed E-state index contributed by atoms with van der Waals surface area (Å²) in [7, 11) is 3.61. The Hall–Kier alpha value is -4.09. The van der Waals surface area contributed by atoms with Gasteiger partial charge < -0.3 is 15.0 Å². The average Bonchev–Trinajstić information content (AvgIpc) is 3.61. The summed E-state index contributed by atoms with van der Waals surface area (Å²) in [6.07, 6.45) is 7.81. The molecule has 6 rings (SSSR count). The maximum Gasteiger partial charge on any atom is 0.251 e. The predicted octanol–water partition coefficient (Wildman–Crippen LogP) is 5.41. The number of aryl methyl sites for hydroxylation is 2. The number of benzene rings is 2. The van der Waals surface area contributed by atoms with Crippen molar-refractivity contribution in [2.75, 3.05) is 13.7 Å². The fourth-order valence-corrected chi connectivity index (χ4v) is 6.83. The monoisotopic (exact) mass is 536 g/mol. The van der Waals surface area contributed by atoms with Gasteiger partial charge in [-0.1, -0.05) is 12.1 Å². The van der Waals surface area contributed by atoms with Crippen LogP contribution in [0.1, 0.15) is 64.5 Å². The molecule has 2 aromatic heterocycles. The second-order valence-electron chi connectivity index (χ2n) is 11.6. The van der Waals surface area contributed by atoms with Crippen molar-refractivity contribution in [1.29, 1.82) is 5.26 Å². The molecule has 1 atom stereocenters. The maximum atomic E-state index is 12.9.